The number of hydrogen-bond donors (Lipinski definition) is 1. The van der Waals surface area contributed by atoms with Gasteiger partial charge >= 0.3 is 0 Å². The minimum absolute atomic E-state index is 0.740. The molecule has 17 heavy (non-hydrogen) atoms. The van der Waals surface area contributed by atoms with Crippen LogP contribution in [0.25, 0.3) is 0 Å². The highest BCUT2D eigenvalue weighted by molar-refractivity contribution is 9.11. The van der Waals surface area contributed by atoms with Crippen molar-refractivity contribution < 1.29 is 4.74 Å². The highest BCUT2D eigenvalue weighted by Crippen LogP contribution is 2.25. The molecule has 0 aliphatic rings. The minimum atomic E-state index is 0.740. The average molecular weight is 367 g/mol. The molecule has 0 spiro atoms. The Morgan fingerprint density at radius 1 is 1.41 bits per heavy atom. The second kappa shape index (κ2) is 8.02. The predicted molar refractivity (Wildman–Crippen MR) is 77.7 cm³/mol. The number of nitrogens with zero attached hydrogens (tertiary/aromatic N) is 2. The largest absolute Gasteiger partial charge is 0.383 e. The zero-order valence-electron chi connectivity index (χ0n) is 10.0. The van der Waals surface area contributed by atoms with Crippen LogP contribution >= 0.6 is 31.9 Å². The molecule has 6 heteroatoms. The van der Waals surface area contributed by atoms with Crippen LogP contribution in [0.3, 0.4) is 0 Å². The first-order valence-corrected chi connectivity index (χ1v) is 6.95. The Balaban J connectivity index is 2.38. The van der Waals surface area contributed by atoms with Crippen molar-refractivity contribution in [2.75, 3.05) is 45.3 Å². The molecule has 0 aliphatic heterocycles. The molecule has 0 bridgehead atoms. The third kappa shape index (κ3) is 5.33. The SMILES string of the molecule is COCCNCCN(C)c1ncc(Br)cc1Br. The molecule has 0 amide bonds. The molecule has 0 saturated heterocycles. The number of nitrogens with one attached hydrogen (secondary N) is 1. The van der Waals surface area contributed by atoms with Gasteiger partial charge in [0.2, 0.25) is 0 Å². The summed E-state index contributed by atoms with van der Waals surface area (Å²) in [5, 5.41) is 3.30. The molecule has 96 valence electrons. The van der Waals surface area contributed by atoms with Gasteiger partial charge in [0, 0.05) is 44.5 Å². The second-order valence-corrected chi connectivity index (χ2v) is 5.39. The lowest BCUT2D eigenvalue weighted by molar-refractivity contribution is 0.200. The number of likely N-dealkylation sites (N-methyl/N-ethyl adjacent to an activating group) is 1. The van der Waals surface area contributed by atoms with Crippen molar-refractivity contribution >= 4 is 37.7 Å². The van der Waals surface area contributed by atoms with Crippen LogP contribution in [0.5, 0.6) is 0 Å². The number of methoxy groups -OCH3 is 1. The van der Waals surface area contributed by atoms with E-state index in [4.69, 9.17) is 4.74 Å². The Hall–Kier alpha value is -0.170. The van der Waals surface area contributed by atoms with Crippen LogP contribution in [0.2, 0.25) is 0 Å². The summed E-state index contributed by atoms with van der Waals surface area (Å²) in [6, 6.07) is 2.00. The van der Waals surface area contributed by atoms with E-state index in [9.17, 15) is 0 Å². The van der Waals surface area contributed by atoms with Crippen LogP contribution in [-0.4, -0.2) is 45.4 Å². The molecule has 1 heterocycles. The van der Waals surface area contributed by atoms with Crippen molar-refractivity contribution in [3.63, 3.8) is 0 Å². The molecular formula is C11H17Br2N3O. The fraction of sp³-hybridized carbons (Fsp3) is 0.545. The fourth-order valence-corrected chi connectivity index (χ4v) is 2.63. The van der Waals surface area contributed by atoms with E-state index in [1.54, 1.807) is 13.3 Å². The minimum Gasteiger partial charge on any atom is -0.383 e. The number of rotatable bonds is 7. The molecule has 4 nitrogen and oxygen atoms in total. The second-order valence-electron chi connectivity index (χ2n) is 3.62. The Bertz CT molecular complexity index is 349. The predicted octanol–water partition coefficient (Wildman–Crippen LogP) is 2.28. The fourth-order valence-electron chi connectivity index (χ4n) is 1.34. The van der Waals surface area contributed by atoms with Crippen molar-refractivity contribution in [2.45, 2.75) is 0 Å². The summed E-state index contributed by atoms with van der Waals surface area (Å²) >= 11 is 6.90. The van der Waals surface area contributed by atoms with Gasteiger partial charge in [0.1, 0.15) is 5.82 Å². The monoisotopic (exact) mass is 365 g/mol. The third-order valence-electron chi connectivity index (χ3n) is 2.26. The van der Waals surface area contributed by atoms with Gasteiger partial charge in [-0.05, 0) is 37.9 Å². The average Bonchev–Trinajstić information content (AvgIpc) is 2.28. The Kier molecular flexibility index (Phi) is 7.03. The Morgan fingerprint density at radius 3 is 2.82 bits per heavy atom. The number of halogens is 2. The molecule has 1 rings (SSSR count). The van der Waals surface area contributed by atoms with E-state index in [-0.39, 0.29) is 0 Å². The molecule has 0 saturated carbocycles. The molecule has 0 atom stereocenters. The maximum atomic E-state index is 4.96. The number of ether oxygens (including phenoxy) is 1. The number of aromatic nitrogens is 1. The van der Waals surface area contributed by atoms with Crippen LogP contribution in [0, 0.1) is 0 Å². The van der Waals surface area contributed by atoms with Crippen molar-refractivity contribution in [2.24, 2.45) is 0 Å². The van der Waals surface area contributed by atoms with Gasteiger partial charge < -0.3 is 15.0 Å². The molecular weight excluding hydrogens is 350 g/mol. The summed E-state index contributed by atoms with van der Waals surface area (Å²) < 4.78 is 6.93. The summed E-state index contributed by atoms with van der Waals surface area (Å²) in [6.07, 6.45) is 1.80. The molecule has 1 N–H and O–H groups in total. The molecule has 1 aromatic rings. The lowest BCUT2D eigenvalue weighted by Gasteiger charge is -2.19. The summed E-state index contributed by atoms with van der Waals surface area (Å²) in [5.74, 6) is 0.946. The standard InChI is InChI=1S/C11H17Br2N3O/c1-16(5-3-14-4-6-17-2)11-10(13)7-9(12)8-15-11/h7-8,14H,3-6H2,1-2H3. The van der Waals surface area contributed by atoms with Crippen LogP contribution in [0.15, 0.2) is 21.2 Å². The summed E-state index contributed by atoms with van der Waals surface area (Å²) in [6.45, 7) is 3.42. The van der Waals surface area contributed by atoms with Gasteiger partial charge in [-0.2, -0.15) is 0 Å². The van der Waals surface area contributed by atoms with Crippen molar-refractivity contribution in [1.29, 1.82) is 0 Å². The van der Waals surface area contributed by atoms with Gasteiger partial charge in [0.05, 0.1) is 11.1 Å². The maximum absolute atomic E-state index is 4.96. The van der Waals surface area contributed by atoms with Crippen molar-refractivity contribution in [1.82, 2.24) is 10.3 Å². The van der Waals surface area contributed by atoms with Crippen LogP contribution in [0.4, 0.5) is 5.82 Å². The van der Waals surface area contributed by atoms with Crippen LogP contribution in [-0.2, 0) is 4.74 Å². The van der Waals surface area contributed by atoms with E-state index in [1.807, 2.05) is 13.1 Å². The number of hydrogen-bond acceptors (Lipinski definition) is 4. The zero-order chi connectivity index (χ0) is 12.7. The maximum Gasteiger partial charge on any atom is 0.142 e. The van der Waals surface area contributed by atoms with Crippen molar-refractivity contribution in [3.8, 4) is 0 Å². The van der Waals surface area contributed by atoms with Gasteiger partial charge in [0.25, 0.3) is 0 Å². The first-order chi connectivity index (χ1) is 8.15. The van der Waals surface area contributed by atoms with Crippen LogP contribution in [0.1, 0.15) is 0 Å². The first-order valence-electron chi connectivity index (χ1n) is 5.37. The molecule has 0 unspecified atom stereocenters. The first kappa shape index (κ1) is 14.9. The third-order valence-corrected chi connectivity index (χ3v) is 3.27. The van der Waals surface area contributed by atoms with E-state index >= 15 is 0 Å². The van der Waals surface area contributed by atoms with Gasteiger partial charge in [-0.1, -0.05) is 0 Å². The quantitative estimate of drug-likeness (QED) is 0.751. The van der Waals surface area contributed by atoms with Gasteiger partial charge in [0.15, 0.2) is 0 Å². The number of anilines is 1. The normalized spacial score (nSPS) is 10.6. The lowest BCUT2D eigenvalue weighted by atomic mass is 10.4. The van der Waals surface area contributed by atoms with E-state index in [0.29, 0.717) is 0 Å². The van der Waals surface area contributed by atoms with Gasteiger partial charge in [-0.3, -0.25) is 0 Å². The van der Waals surface area contributed by atoms with Gasteiger partial charge in [-0.25, -0.2) is 4.98 Å². The molecule has 0 aliphatic carbocycles. The highest BCUT2D eigenvalue weighted by atomic mass is 79.9. The molecule has 0 radical (unpaired) electrons. The summed E-state index contributed by atoms with van der Waals surface area (Å²) in [7, 11) is 3.73. The summed E-state index contributed by atoms with van der Waals surface area (Å²) in [5.41, 5.74) is 0. The highest BCUT2D eigenvalue weighted by Gasteiger charge is 2.07. The Morgan fingerprint density at radius 2 is 2.18 bits per heavy atom. The van der Waals surface area contributed by atoms with E-state index in [1.165, 1.54) is 0 Å². The Labute approximate surface area is 119 Å². The zero-order valence-corrected chi connectivity index (χ0v) is 13.2. The molecule has 0 aromatic carbocycles. The van der Waals surface area contributed by atoms with Crippen molar-refractivity contribution in [3.05, 3.63) is 21.2 Å². The van der Waals surface area contributed by atoms with E-state index in [2.05, 4.69) is 47.1 Å². The molecule has 0 fully saturated rings. The lowest BCUT2D eigenvalue weighted by Crippen LogP contribution is -2.31. The van der Waals surface area contributed by atoms with E-state index in [0.717, 1.165) is 41.0 Å². The summed E-state index contributed by atoms with van der Waals surface area (Å²) in [4.78, 5) is 6.48. The van der Waals surface area contributed by atoms with E-state index < -0.39 is 0 Å². The van der Waals surface area contributed by atoms with Gasteiger partial charge in [-0.15, -0.1) is 0 Å². The molecule has 1 aromatic heterocycles. The smallest absolute Gasteiger partial charge is 0.142 e. The van der Waals surface area contributed by atoms with Crippen LogP contribution < -0.4 is 10.2 Å². The topological polar surface area (TPSA) is 37.4 Å². The number of pyridine rings is 1.